The predicted molar refractivity (Wildman–Crippen MR) is 130 cm³/mol. The number of para-hydroxylation sites is 1. The highest BCUT2D eigenvalue weighted by molar-refractivity contribution is 7.17. The molecule has 33 heavy (non-hydrogen) atoms. The molecule has 2 aromatic heterocycles. The molecule has 0 fully saturated rings. The van der Waals surface area contributed by atoms with Gasteiger partial charge in [-0.1, -0.05) is 48.5 Å². The summed E-state index contributed by atoms with van der Waals surface area (Å²) in [6, 6.07) is 17.8. The van der Waals surface area contributed by atoms with Crippen molar-refractivity contribution in [2.75, 3.05) is 13.2 Å². The SMILES string of the molecule is CCOC(=O)C1=CN(C(=O)c2sc(-c3ccccc3)nc2C)CCc2c1[nH]c1ccccc21. The first-order valence-electron chi connectivity index (χ1n) is 10.9. The Balaban J connectivity index is 1.55. The third-order valence-corrected chi connectivity index (χ3v) is 6.93. The Labute approximate surface area is 195 Å². The normalized spacial score (nSPS) is 13.4. The molecule has 0 saturated carbocycles. The van der Waals surface area contributed by atoms with E-state index in [-0.39, 0.29) is 12.5 Å². The Bertz CT molecular complexity index is 1380. The second kappa shape index (κ2) is 8.67. The summed E-state index contributed by atoms with van der Waals surface area (Å²) in [5.74, 6) is -0.612. The van der Waals surface area contributed by atoms with E-state index in [9.17, 15) is 9.59 Å². The zero-order chi connectivity index (χ0) is 22.9. The standard InChI is InChI=1S/C26H23N3O3S/c1-3-32-26(31)20-15-29(14-13-19-18-11-7-8-12-21(18)28-22(19)20)25(30)23-16(2)27-24(33-23)17-9-5-4-6-10-17/h4-12,15,28H,3,13-14H2,1-2H3. The number of aromatic amines is 1. The maximum absolute atomic E-state index is 13.6. The Morgan fingerprint density at radius 3 is 2.67 bits per heavy atom. The van der Waals surface area contributed by atoms with Crippen LogP contribution < -0.4 is 0 Å². The minimum absolute atomic E-state index is 0.163. The molecule has 0 aliphatic carbocycles. The van der Waals surface area contributed by atoms with E-state index in [1.165, 1.54) is 11.3 Å². The van der Waals surface area contributed by atoms with E-state index in [0.717, 1.165) is 32.7 Å². The highest BCUT2D eigenvalue weighted by atomic mass is 32.1. The third kappa shape index (κ3) is 3.85. The van der Waals surface area contributed by atoms with Crippen molar-refractivity contribution in [3.63, 3.8) is 0 Å². The fourth-order valence-electron chi connectivity index (χ4n) is 4.16. The molecular weight excluding hydrogens is 434 g/mol. The van der Waals surface area contributed by atoms with Gasteiger partial charge in [-0.25, -0.2) is 9.78 Å². The van der Waals surface area contributed by atoms with Crippen LogP contribution in [0.5, 0.6) is 0 Å². The average Bonchev–Trinajstić information content (AvgIpc) is 3.34. The van der Waals surface area contributed by atoms with Crippen LogP contribution in [0.25, 0.3) is 27.0 Å². The Morgan fingerprint density at radius 2 is 1.88 bits per heavy atom. The molecule has 0 unspecified atom stereocenters. The number of nitrogens with zero attached hydrogens (tertiary/aromatic N) is 2. The van der Waals surface area contributed by atoms with Gasteiger partial charge in [0.05, 0.1) is 23.6 Å². The minimum Gasteiger partial charge on any atom is -0.462 e. The summed E-state index contributed by atoms with van der Waals surface area (Å²) in [5, 5.41) is 1.86. The van der Waals surface area contributed by atoms with Crippen LogP contribution in [-0.2, 0) is 16.0 Å². The summed E-state index contributed by atoms with van der Waals surface area (Å²) in [6.45, 7) is 4.33. The van der Waals surface area contributed by atoms with Crippen LogP contribution in [0.1, 0.15) is 33.5 Å². The topological polar surface area (TPSA) is 75.3 Å². The first-order chi connectivity index (χ1) is 16.1. The lowest BCUT2D eigenvalue weighted by molar-refractivity contribution is -0.136. The molecule has 1 amide bonds. The molecule has 166 valence electrons. The van der Waals surface area contributed by atoms with Gasteiger partial charge in [-0.05, 0) is 31.9 Å². The number of fused-ring (bicyclic) bond motifs is 3. The van der Waals surface area contributed by atoms with E-state index in [1.54, 1.807) is 18.0 Å². The molecule has 1 aliphatic heterocycles. The number of benzene rings is 2. The Kier molecular flexibility index (Phi) is 5.56. The smallest absolute Gasteiger partial charge is 0.341 e. The molecule has 3 heterocycles. The zero-order valence-corrected chi connectivity index (χ0v) is 19.2. The first kappa shape index (κ1) is 21.2. The molecule has 1 N–H and O–H groups in total. The van der Waals surface area contributed by atoms with Crippen molar-refractivity contribution < 1.29 is 14.3 Å². The Morgan fingerprint density at radius 1 is 1.12 bits per heavy atom. The number of esters is 1. The number of amides is 1. The number of carbonyl (C=O) groups excluding carboxylic acids is 2. The average molecular weight is 458 g/mol. The number of rotatable bonds is 4. The third-order valence-electron chi connectivity index (χ3n) is 5.74. The number of ether oxygens (including phenoxy) is 1. The van der Waals surface area contributed by atoms with E-state index in [2.05, 4.69) is 9.97 Å². The van der Waals surface area contributed by atoms with Crippen LogP contribution >= 0.6 is 11.3 Å². The van der Waals surface area contributed by atoms with Gasteiger partial charge >= 0.3 is 5.97 Å². The van der Waals surface area contributed by atoms with Crippen molar-refractivity contribution in [1.29, 1.82) is 0 Å². The molecule has 0 atom stereocenters. The molecule has 1 aliphatic rings. The van der Waals surface area contributed by atoms with Crippen LogP contribution in [0, 0.1) is 6.92 Å². The molecular formula is C26H23N3O3S. The molecule has 0 radical (unpaired) electrons. The number of thiazole rings is 1. The second-order valence-electron chi connectivity index (χ2n) is 7.84. The number of carbonyl (C=O) groups is 2. The van der Waals surface area contributed by atoms with Crippen LogP contribution in [0.2, 0.25) is 0 Å². The van der Waals surface area contributed by atoms with Crippen molar-refractivity contribution in [2.45, 2.75) is 20.3 Å². The lowest BCUT2D eigenvalue weighted by Gasteiger charge is -2.17. The van der Waals surface area contributed by atoms with Crippen molar-refractivity contribution in [1.82, 2.24) is 14.9 Å². The van der Waals surface area contributed by atoms with Gasteiger partial charge in [-0.2, -0.15) is 0 Å². The molecule has 0 spiro atoms. The molecule has 4 aromatic rings. The van der Waals surface area contributed by atoms with E-state index >= 15 is 0 Å². The molecule has 0 saturated heterocycles. The summed E-state index contributed by atoms with van der Waals surface area (Å²) in [7, 11) is 0. The second-order valence-corrected chi connectivity index (χ2v) is 8.83. The van der Waals surface area contributed by atoms with E-state index in [0.29, 0.717) is 29.1 Å². The van der Waals surface area contributed by atoms with E-state index in [1.807, 2.05) is 61.5 Å². The number of hydrogen-bond acceptors (Lipinski definition) is 5. The summed E-state index contributed by atoms with van der Waals surface area (Å²) >= 11 is 1.37. The number of aryl methyl sites for hydroxylation is 1. The molecule has 0 bridgehead atoms. The summed E-state index contributed by atoms with van der Waals surface area (Å²) in [5.41, 5.74) is 4.72. The van der Waals surface area contributed by atoms with Crippen molar-refractivity contribution >= 4 is 39.7 Å². The molecule has 2 aromatic carbocycles. The van der Waals surface area contributed by atoms with Gasteiger partial charge in [0.25, 0.3) is 5.91 Å². The highest BCUT2D eigenvalue weighted by Crippen LogP contribution is 2.33. The number of nitrogens with one attached hydrogen (secondary N) is 1. The van der Waals surface area contributed by atoms with Gasteiger partial charge in [0.1, 0.15) is 9.88 Å². The maximum Gasteiger partial charge on any atom is 0.341 e. The predicted octanol–water partition coefficient (Wildman–Crippen LogP) is 5.20. The number of hydrogen-bond donors (Lipinski definition) is 1. The summed E-state index contributed by atoms with van der Waals surface area (Å²) < 4.78 is 5.33. The molecule has 7 heteroatoms. The van der Waals surface area contributed by atoms with Gasteiger partial charge in [0.2, 0.25) is 0 Å². The lowest BCUT2D eigenvalue weighted by atomic mass is 10.0. The van der Waals surface area contributed by atoms with Crippen LogP contribution in [0.3, 0.4) is 0 Å². The van der Waals surface area contributed by atoms with E-state index in [4.69, 9.17) is 4.74 Å². The van der Waals surface area contributed by atoms with Gasteiger partial charge in [0, 0.05) is 29.2 Å². The van der Waals surface area contributed by atoms with Crippen LogP contribution in [-0.4, -0.2) is 39.9 Å². The van der Waals surface area contributed by atoms with Crippen molar-refractivity contribution in [2.24, 2.45) is 0 Å². The fraction of sp³-hybridized carbons (Fsp3) is 0.192. The molecule has 6 nitrogen and oxygen atoms in total. The fourth-order valence-corrected chi connectivity index (χ4v) is 5.19. The largest absolute Gasteiger partial charge is 0.462 e. The monoisotopic (exact) mass is 457 g/mol. The summed E-state index contributed by atoms with van der Waals surface area (Å²) in [4.78, 5) is 36.6. The van der Waals surface area contributed by atoms with Crippen molar-refractivity contribution in [3.8, 4) is 10.6 Å². The van der Waals surface area contributed by atoms with Gasteiger partial charge in [-0.3, -0.25) is 4.79 Å². The number of H-pyrrole nitrogens is 1. The summed E-state index contributed by atoms with van der Waals surface area (Å²) in [6.07, 6.45) is 2.25. The van der Waals surface area contributed by atoms with E-state index < -0.39 is 5.97 Å². The number of aromatic nitrogens is 2. The van der Waals surface area contributed by atoms with Gasteiger partial charge in [0.15, 0.2) is 0 Å². The minimum atomic E-state index is -0.448. The Hall–Kier alpha value is -3.71. The quantitative estimate of drug-likeness (QED) is 0.427. The van der Waals surface area contributed by atoms with Gasteiger partial charge in [-0.15, -0.1) is 11.3 Å². The molecule has 5 rings (SSSR count). The lowest BCUT2D eigenvalue weighted by Crippen LogP contribution is -2.27. The van der Waals surface area contributed by atoms with Crippen molar-refractivity contribution in [3.05, 3.63) is 82.6 Å². The van der Waals surface area contributed by atoms with Crippen LogP contribution in [0.15, 0.2) is 60.8 Å². The maximum atomic E-state index is 13.6. The first-order valence-corrected chi connectivity index (χ1v) is 11.7. The van der Waals surface area contributed by atoms with Crippen LogP contribution in [0.4, 0.5) is 0 Å². The zero-order valence-electron chi connectivity index (χ0n) is 18.4. The van der Waals surface area contributed by atoms with Gasteiger partial charge < -0.3 is 14.6 Å². The highest BCUT2D eigenvalue weighted by Gasteiger charge is 2.29.